The molecule has 6 nitrogen and oxygen atoms in total. The number of esters is 1. The SMILES string of the molecule is CC(C)(C)OC(=O)c1ncn(C2CCNC2)n1. The number of carbonyl (C=O) groups is 1. The molecule has 1 unspecified atom stereocenters. The lowest BCUT2D eigenvalue weighted by Gasteiger charge is -2.18. The molecule has 1 aromatic rings. The van der Waals surface area contributed by atoms with Crippen LogP contribution < -0.4 is 5.32 Å². The number of nitrogens with zero attached hydrogens (tertiary/aromatic N) is 3. The molecule has 2 heterocycles. The quantitative estimate of drug-likeness (QED) is 0.771. The van der Waals surface area contributed by atoms with E-state index in [1.165, 1.54) is 0 Å². The molecule has 1 aliphatic heterocycles. The Kier molecular flexibility index (Phi) is 3.15. The third-order valence-electron chi connectivity index (χ3n) is 2.50. The fraction of sp³-hybridized carbons (Fsp3) is 0.727. The lowest BCUT2D eigenvalue weighted by molar-refractivity contribution is 0.00552. The van der Waals surface area contributed by atoms with Gasteiger partial charge in [-0.05, 0) is 33.7 Å². The number of aromatic nitrogens is 3. The van der Waals surface area contributed by atoms with Crippen molar-refractivity contribution in [3.05, 3.63) is 12.2 Å². The smallest absolute Gasteiger partial charge is 0.378 e. The zero-order valence-corrected chi connectivity index (χ0v) is 10.4. The van der Waals surface area contributed by atoms with Crippen LogP contribution in [0.4, 0.5) is 0 Å². The molecule has 1 atom stereocenters. The summed E-state index contributed by atoms with van der Waals surface area (Å²) in [5.41, 5.74) is -0.516. The summed E-state index contributed by atoms with van der Waals surface area (Å²) in [6.45, 7) is 7.32. The van der Waals surface area contributed by atoms with Crippen LogP contribution in [0.25, 0.3) is 0 Å². The molecule has 1 aromatic heterocycles. The fourth-order valence-electron chi connectivity index (χ4n) is 1.73. The van der Waals surface area contributed by atoms with Crippen molar-refractivity contribution in [2.45, 2.75) is 38.8 Å². The first-order chi connectivity index (χ1) is 7.96. The van der Waals surface area contributed by atoms with Gasteiger partial charge in [-0.2, -0.15) is 0 Å². The van der Waals surface area contributed by atoms with Gasteiger partial charge in [0.25, 0.3) is 5.82 Å². The number of hydrogen-bond acceptors (Lipinski definition) is 5. The third kappa shape index (κ3) is 3.03. The predicted molar refractivity (Wildman–Crippen MR) is 61.7 cm³/mol. The molecule has 17 heavy (non-hydrogen) atoms. The second kappa shape index (κ2) is 4.44. The molecule has 0 saturated carbocycles. The molecule has 0 amide bonds. The molecule has 1 fully saturated rings. The highest BCUT2D eigenvalue weighted by atomic mass is 16.6. The van der Waals surface area contributed by atoms with Gasteiger partial charge < -0.3 is 10.1 Å². The molecule has 0 aliphatic carbocycles. The van der Waals surface area contributed by atoms with Gasteiger partial charge in [-0.3, -0.25) is 0 Å². The second-order valence-corrected chi connectivity index (χ2v) is 5.20. The van der Waals surface area contributed by atoms with Gasteiger partial charge in [-0.15, -0.1) is 5.10 Å². The summed E-state index contributed by atoms with van der Waals surface area (Å²) in [7, 11) is 0. The Bertz CT molecular complexity index is 402. The summed E-state index contributed by atoms with van der Waals surface area (Å²) in [4.78, 5) is 15.7. The fourth-order valence-corrected chi connectivity index (χ4v) is 1.73. The molecular formula is C11H18N4O2. The van der Waals surface area contributed by atoms with Crippen molar-refractivity contribution in [3.63, 3.8) is 0 Å². The van der Waals surface area contributed by atoms with E-state index < -0.39 is 11.6 Å². The van der Waals surface area contributed by atoms with Crippen molar-refractivity contribution in [2.75, 3.05) is 13.1 Å². The van der Waals surface area contributed by atoms with Crippen molar-refractivity contribution < 1.29 is 9.53 Å². The maximum atomic E-state index is 11.7. The zero-order valence-electron chi connectivity index (χ0n) is 10.4. The van der Waals surface area contributed by atoms with Gasteiger partial charge in [0.1, 0.15) is 11.9 Å². The second-order valence-electron chi connectivity index (χ2n) is 5.20. The monoisotopic (exact) mass is 238 g/mol. The number of carbonyl (C=O) groups excluding carboxylic acids is 1. The molecule has 1 aliphatic rings. The number of ether oxygens (including phenoxy) is 1. The molecule has 0 bridgehead atoms. The van der Waals surface area contributed by atoms with E-state index in [0.29, 0.717) is 6.04 Å². The third-order valence-corrected chi connectivity index (χ3v) is 2.50. The van der Waals surface area contributed by atoms with E-state index in [0.717, 1.165) is 19.5 Å². The highest BCUT2D eigenvalue weighted by molar-refractivity contribution is 5.85. The summed E-state index contributed by atoms with van der Waals surface area (Å²) >= 11 is 0. The molecule has 1 N–H and O–H groups in total. The van der Waals surface area contributed by atoms with Crippen LogP contribution in [0.15, 0.2) is 6.33 Å². The van der Waals surface area contributed by atoms with E-state index in [9.17, 15) is 4.79 Å². The minimum absolute atomic E-state index is 0.131. The Balaban J connectivity index is 2.04. The summed E-state index contributed by atoms with van der Waals surface area (Å²) in [5, 5.41) is 7.41. The van der Waals surface area contributed by atoms with E-state index in [1.54, 1.807) is 11.0 Å². The van der Waals surface area contributed by atoms with Gasteiger partial charge in [-0.25, -0.2) is 14.5 Å². The van der Waals surface area contributed by atoms with Crippen LogP contribution in [0.5, 0.6) is 0 Å². The normalized spacial score (nSPS) is 20.5. The zero-order chi connectivity index (χ0) is 12.5. The summed E-state index contributed by atoms with van der Waals surface area (Å²) in [5.74, 6) is -0.339. The van der Waals surface area contributed by atoms with Crippen molar-refractivity contribution in [3.8, 4) is 0 Å². The molecule has 0 spiro atoms. The van der Waals surface area contributed by atoms with Gasteiger partial charge in [0.2, 0.25) is 0 Å². The minimum Gasteiger partial charge on any atom is -0.454 e. The predicted octanol–water partition coefficient (Wildman–Crippen LogP) is 0.768. The Morgan fingerprint density at radius 1 is 1.59 bits per heavy atom. The standard InChI is InChI=1S/C11H18N4O2/c1-11(2,3)17-10(16)9-13-7-15(14-9)8-4-5-12-6-8/h7-8,12H,4-6H2,1-3H3. The van der Waals surface area contributed by atoms with Crippen LogP contribution in [-0.2, 0) is 4.74 Å². The van der Waals surface area contributed by atoms with Gasteiger partial charge in [0.05, 0.1) is 6.04 Å². The number of rotatable bonds is 2. The van der Waals surface area contributed by atoms with E-state index in [2.05, 4.69) is 15.4 Å². The van der Waals surface area contributed by atoms with Crippen molar-refractivity contribution in [1.29, 1.82) is 0 Å². The highest BCUT2D eigenvalue weighted by Gasteiger charge is 2.23. The van der Waals surface area contributed by atoms with Crippen molar-refractivity contribution in [1.82, 2.24) is 20.1 Å². The van der Waals surface area contributed by atoms with Gasteiger partial charge >= 0.3 is 5.97 Å². The topological polar surface area (TPSA) is 69.0 Å². The Hall–Kier alpha value is -1.43. The minimum atomic E-state index is -0.516. The van der Waals surface area contributed by atoms with Gasteiger partial charge in [0, 0.05) is 6.54 Å². The first-order valence-electron chi connectivity index (χ1n) is 5.81. The Morgan fingerprint density at radius 3 is 2.94 bits per heavy atom. The maximum absolute atomic E-state index is 11.7. The average molecular weight is 238 g/mol. The van der Waals surface area contributed by atoms with E-state index >= 15 is 0 Å². The highest BCUT2D eigenvalue weighted by Crippen LogP contribution is 2.14. The number of hydrogen-bond donors (Lipinski definition) is 1. The van der Waals surface area contributed by atoms with Crippen LogP contribution in [0.2, 0.25) is 0 Å². The molecule has 94 valence electrons. The van der Waals surface area contributed by atoms with Crippen LogP contribution >= 0.6 is 0 Å². The number of nitrogens with one attached hydrogen (secondary N) is 1. The summed E-state index contributed by atoms with van der Waals surface area (Å²) in [6.07, 6.45) is 2.61. The molecule has 6 heteroatoms. The van der Waals surface area contributed by atoms with Crippen LogP contribution in [0.3, 0.4) is 0 Å². The first kappa shape index (κ1) is 12.0. The lowest BCUT2D eigenvalue weighted by Crippen LogP contribution is -2.25. The van der Waals surface area contributed by atoms with Gasteiger partial charge in [-0.1, -0.05) is 0 Å². The van der Waals surface area contributed by atoms with Crippen LogP contribution in [-0.4, -0.2) is 39.4 Å². The van der Waals surface area contributed by atoms with E-state index in [-0.39, 0.29) is 5.82 Å². The average Bonchev–Trinajstić information content (AvgIpc) is 2.86. The van der Waals surface area contributed by atoms with E-state index in [1.807, 2.05) is 20.8 Å². The Labute approximate surface area is 100 Å². The van der Waals surface area contributed by atoms with E-state index in [4.69, 9.17) is 4.74 Å². The molecule has 1 saturated heterocycles. The maximum Gasteiger partial charge on any atom is 0.378 e. The summed E-state index contributed by atoms with van der Waals surface area (Å²) in [6, 6.07) is 0.290. The molecule has 0 aromatic carbocycles. The largest absolute Gasteiger partial charge is 0.454 e. The molecular weight excluding hydrogens is 220 g/mol. The molecule has 2 rings (SSSR count). The van der Waals surface area contributed by atoms with Crippen molar-refractivity contribution in [2.24, 2.45) is 0 Å². The van der Waals surface area contributed by atoms with Gasteiger partial charge in [0.15, 0.2) is 0 Å². The summed E-state index contributed by atoms with van der Waals surface area (Å²) < 4.78 is 6.94. The van der Waals surface area contributed by atoms with Crippen molar-refractivity contribution >= 4 is 5.97 Å². The first-order valence-corrected chi connectivity index (χ1v) is 5.81. The Morgan fingerprint density at radius 2 is 2.35 bits per heavy atom. The lowest BCUT2D eigenvalue weighted by atomic mass is 10.2. The van der Waals surface area contributed by atoms with Crippen LogP contribution in [0.1, 0.15) is 43.9 Å². The molecule has 0 radical (unpaired) electrons. The van der Waals surface area contributed by atoms with Crippen LogP contribution in [0, 0.1) is 0 Å².